The number of hydrogen-bond acceptors (Lipinski definition) is 3. The summed E-state index contributed by atoms with van der Waals surface area (Å²) in [4.78, 5) is 24.9. The quantitative estimate of drug-likeness (QED) is 0.816. The second-order valence-electron chi connectivity index (χ2n) is 6.50. The van der Waals surface area contributed by atoms with Crippen molar-refractivity contribution in [2.24, 2.45) is 17.8 Å². The Kier molecular flexibility index (Phi) is 5.02. The first-order valence-corrected chi connectivity index (χ1v) is 7.72. The largest absolute Gasteiger partial charge is 0.481 e. The van der Waals surface area contributed by atoms with Gasteiger partial charge in [-0.1, -0.05) is 26.7 Å². The maximum absolute atomic E-state index is 12.1. The molecule has 0 spiro atoms. The Morgan fingerprint density at radius 2 is 2.00 bits per heavy atom. The van der Waals surface area contributed by atoms with Crippen molar-refractivity contribution in [1.82, 2.24) is 10.2 Å². The molecule has 1 amide bonds. The van der Waals surface area contributed by atoms with E-state index in [-0.39, 0.29) is 17.9 Å². The van der Waals surface area contributed by atoms with Gasteiger partial charge in [0, 0.05) is 12.6 Å². The summed E-state index contributed by atoms with van der Waals surface area (Å²) >= 11 is 0. The van der Waals surface area contributed by atoms with Crippen LogP contribution in [0.4, 0.5) is 0 Å². The number of aliphatic carboxylic acids is 1. The summed E-state index contributed by atoms with van der Waals surface area (Å²) in [6.07, 6.45) is 4.15. The molecule has 1 aliphatic carbocycles. The molecule has 2 rings (SSSR count). The summed E-state index contributed by atoms with van der Waals surface area (Å²) in [6, 6.07) is 0.282. The van der Waals surface area contributed by atoms with Crippen molar-refractivity contribution in [3.63, 3.8) is 0 Å². The third kappa shape index (κ3) is 3.72. The number of amides is 1. The van der Waals surface area contributed by atoms with Crippen LogP contribution in [0.2, 0.25) is 0 Å². The van der Waals surface area contributed by atoms with Crippen LogP contribution < -0.4 is 5.32 Å². The minimum Gasteiger partial charge on any atom is -0.481 e. The van der Waals surface area contributed by atoms with Gasteiger partial charge in [-0.2, -0.15) is 0 Å². The van der Waals surface area contributed by atoms with E-state index < -0.39 is 5.97 Å². The van der Waals surface area contributed by atoms with Gasteiger partial charge < -0.3 is 10.4 Å². The van der Waals surface area contributed by atoms with E-state index in [4.69, 9.17) is 5.11 Å². The summed E-state index contributed by atoms with van der Waals surface area (Å²) in [6.45, 7) is 6.01. The molecule has 20 heavy (non-hydrogen) atoms. The van der Waals surface area contributed by atoms with E-state index in [1.54, 1.807) is 0 Å². The molecule has 114 valence electrons. The topological polar surface area (TPSA) is 69.6 Å². The minimum atomic E-state index is -0.748. The monoisotopic (exact) mass is 282 g/mol. The van der Waals surface area contributed by atoms with Gasteiger partial charge in [-0.25, -0.2) is 0 Å². The molecule has 5 nitrogen and oxygen atoms in total. The Labute approximate surface area is 120 Å². The van der Waals surface area contributed by atoms with Crippen LogP contribution in [-0.4, -0.2) is 47.6 Å². The van der Waals surface area contributed by atoms with E-state index in [2.05, 4.69) is 19.2 Å². The highest BCUT2D eigenvalue weighted by molar-refractivity contribution is 5.78. The van der Waals surface area contributed by atoms with Crippen molar-refractivity contribution in [2.75, 3.05) is 19.6 Å². The Hall–Kier alpha value is -1.10. The highest BCUT2D eigenvalue weighted by Crippen LogP contribution is 2.29. The smallest absolute Gasteiger partial charge is 0.307 e. The van der Waals surface area contributed by atoms with Crippen molar-refractivity contribution in [2.45, 2.75) is 45.6 Å². The zero-order chi connectivity index (χ0) is 14.7. The summed E-state index contributed by atoms with van der Waals surface area (Å²) in [7, 11) is 0. The predicted octanol–water partition coefficient (Wildman–Crippen LogP) is 1.33. The second kappa shape index (κ2) is 6.57. The summed E-state index contributed by atoms with van der Waals surface area (Å²) in [5.74, 6) is 0.177. The SMILES string of the molecule is C[C@H]1[C@H](C)CCC[C@@H]1NC(=O)CN1CC[C@H](C(=O)O)C1. The summed E-state index contributed by atoms with van der Waals surface area (Å²) in [5, 5.41) is 12.1. The molecule has 5 heteroatoms. The Morgan fingerprint density at radius 3 is 2.65 bits per heavy atom. The maximum Gasteiger partial charge on any atom is 0.307 e. The fraction of sp³-hybridized carbons (Fsp3) is 0.867. The Balaban J connectivity index is 1.77. The van der Waals surface area contributed by atoms with Gasteiger partial charge in [0.25, 0.3) is 0 Å². The summed E-state index contributed by atoms with van der Waals surface area (Å²) in [5.41, 5.74) is 0. The fourth-order valence-corrected chi connectivity index (χ4v) is 3.42. The van der Waals surface area contributed by atoms with Crippen molar-refractivity contribution < 1.29 is 14.7 Å². The van der Waals surface area contributed by atoms with E-state index >= 15 is 0 Å². The van der Waals surface area contributed by atoms with E-state index in [9.17, 15) is 9.59 Å². The molecule has 1 saturated carbocycles. The number of rotatable bonds is 4. The molecule has 0 aromatic rings. The lowest BCUT2D eigenvalue weighted by Gasteiger charge is -2.35. The van der Waals surface area contributed by atoms with E-state index in [1.165, 1.54) is 12.8 Å². The molecule has 1 saturated heterocycles. The number of carboxylic acid groups (broad SMARTS) is 1. The molecule has 0 bridgehead atoms. The van der Waals surface area contributed by atoms with Crippen LogP contribution in [0, 0.1) is 17.8 Å². The fourth-order valence-electron chi connectivity index (χ4n) is 3.42. The zero-order valence-electron chi connectivity index (χ0n) is 12.5. The van der Waals surface area contributed by atoms with Gasteiger partial charge in [0.2, 0.25) is 5.91 Å². The van der Waals surface area contributed by atoms with E-state index in [0.29, 0.717) is 37.9 Å². The molecule has 0 radical (unpaired) electrons. The van der Waals surface area contributed by atoms with Crippen LogP contribution in [0.25, 0.3) is 0 Å². The second-order valence-corrected chi connectivity index (χ2v) is 6.50. The van der Waals surface area contributed by atoms with Gasteiger partial charge >= 0.3 is 5.97 Å². The highest BCUT2D eigenvalue weighted by Gasteiger charge is 2.31. The van der Waals surface area contributed by atoms with Gasteiger partial charge in [-0.3, -0.25) is 14.5 Å². The Bertz CT molecular complexity index is 372. The number of carboxylic acids is 1. The lowest BCUT2D eigenvalue weighted by atomic mass is 9.78. The van der Waals surface area contributed by atoms with Crippen LogP contribution in [0.1, 0.15) is 39.5 Å². The number of carbonyl (C=O) groups excluding carboxylic acids is 1. The molecule has 2 aliphatic rings. The average Bonchev–Trinajstić information content (AvgIpc) is 2.83. The minimum absolute atomic E-state index is 0.0435. The zero-order valence-corrected chi connectivity index (χ0v) is 12.5. The standard InChI is InChI=1S/C15H26N2O3/c1-10-4-3-5-13(11(10)2)16-14(18)9-17-7-6-12(8-17)15(19)20/h10-13H,3-9H2,1-2H3,(H,16,18)(H,19,20)/t10-,11+,12+,13+/m1/s1. The number of nitrogens with one attached hydrogen (secondary N) is 1. The average molecular weight is 282 g/mol. The van der Waals surface area contributed by atoms with Gasteiger partial charge in [-0.05, 0) is 31.2 Å². The number of nitrogens with zero attached hydrogens (tertiary/aromatic N) is 1. The van der Waals surface area contributed by atoms with E-state index in [0.717, 1.165) is 6.42 Å². The van der Waals surface area contributed by atoms with Gasteiger partial charge in [0.05, 0.1) is 12.5 Å². The van der Waals surface area contributed by atoms with Gasteiger partial charge in [0.1, 0.15) is 0 Å². The number of likely N-dealkylation sites (tertiary alicyclic amines) is 1. The maximum atomic E-state index is 12.1. The molecule has 4 atom stereocenters. The molecule has 0 aromatic carbocycles. The van der Waals surface area contributed by atoms with Crippen molar-refractivity contribution in [3.8, 4) is 0 Å². The normalized spacial score (nSPS) is 34.9. The molecule has 0 unspecified atom stereocenters. The molecule has 2 N–H and O–H groups in total. The third-order valence-electron chi connectivity index (χ3n) is 5.04. The van der Waals surface area contributed by atoms with Crippen LogP contribution in [0.3, 0.4) is 0 Å². The summed E-state index contributed by atoms with van der Waals surface area (Å²) < 4.78 is 0. The lowest BCUT2D eigenvalue weighted by Crippen LogP contribution is -2.47. The van der Waals surface area contributed by atoms with Crippen LogP contribution in [-0.2, 0) is 9.59 Å². The molecule has 1 heterocycles. The van der Waals surface area contributed by atoms with Gasteiger partial charge in [-0.15, -0.1) is 0 Å². The molecule has 0 aromatic heterocycles. The van der Waals surface area contributed by atoms with E-state index in [1.807, 2.05) is 4.90 Å². The van der Waals surface area contributed by atoms with Crippen molar-refractivity contribution in [3.05, 3.63) is 0 Å². The molecular formula is C15H26N2O3. The van der Waals surface area contributed by atoms with Crippen molar-refractivity contribution >= 4 is 11.9 Å². The Morgan fingerprint density at radius 1 is 1.25 bits per heavy atom. The predicted molar refractivity (Wildman–Crippen MR) is 76.3 cm³/mol. The van der Waals surface area contributed by atoms with Crippen LogP contribution in [0.15, 0.2) is 0 Å². The van der Waals surface area contributed by atoms with Crippen LogP contribution in [0.5, 0.6) is 0 Å². The molecule has 1 aliphatic heterocycles. The lowest BCUT2D eigenvalue weighted by molar-refractivity contribution is -0.141. The molecular weight excluding hydrogens is 256 g/mol. The first kappa shape index (κ1) is 15.3. The van der Waals surface area contributed by atoms with Gasteiger partial charge in [0.15, 0.2) is 0 Å². The van der Waals surface area contributed by atoms with Crippen molar-refractivity contribution in [1.29, 1.82) is 0 Å². The van der Waals surface area contributed by atoms with Crippen LogP contribution >= 0.6 is 0 Å². The highest BCUT2D eigenvalue weighted by atomic mass is 16.4. The number of carbonyl (C=O) groups is 2. The number of hydrogen-bond donors (Lipinski definition) is 2. The molecule has 2 fully saturated rings. The first-order valence-electron chi connectivity index (χ1n) is 7.72. The third-order valence-corrected chi connectivity index (χ3v) is 5.04. The first-order chi connectivity index (χ1) is 9.47.